The molecule has 332 valence electrons. The fraction of sp³-hybridized carbons (Fsp3) is 0.477. The van der Waals surface area contributed by atoms with Gasteiger partial charge >= 0.3 is 0 Å². The standard InChI is InChI=1S/C44H57Cl2N5O10/c1-44(2,3)50(4)43(53)41-37-29-61-39-28-38(54-5)35(27-36(39)42(37)51(49-41)34-25-31(45)24-32(46)26-34)30-7-6-8-33(23-30)48-40(52)9-11-55-13-15-57-17-19-59-21-22-60-20-18-58-16-14-56-12-10-47/h6-8,23-28H,9-22,29,47H2,1-5H3,(H,48,52). The van der Waals surface area contributed by atoms with E-state index in [1.165, 1.54) is 0 Å². The molecule has 5 rings (SSSR count). The van der Waals surface area contributed by atoms with Crippen molar-refractivity contribution in [3.05, 3.63) is 75.9 Å². The van der Waals surface area contributed by atoms with Crippen molar-refractivity contribution in [2.45, 2.75) is 39.3 Å². The highest BCUT2D eigenvalue weighted by Gasteiger charge is 2.35. The molecule has 0 fully saturated rings. The summed E-state index contributed by atoms with van der Waals surface area (Å²) >= 11 is 12.9. The van der Waals surface area contributed by atoms with Crippen LogP contribution in [0.2, 0.25) is 10.0 Å². The van der Waals surface area contributed by atoms with Crippen LogP contribution < -0.4 is 20.5 Å². The van der Waals surface area contributed by atoms with E-state index in [1.807, 2.05) is 57.2 Å². The van der Waals surface area contributed by atoms with Gasteiger partial charge in [0.2, 0.25) is 5.91 Å². The lowest BCUT2D eigenvalue weighted by molar-refractivity contribution is -0.117. The smallest absolute Gasteiger partial charge is 0.274 e. The molecule has 3 aromatic carbocycles. The summed E-state index contributed by atoms with van der Waals surface area (Å²) < 4.78 is 46.6. The van der Waals surface area contributed by atoms with Crippen molar-refractivity contribution in [2.24, 2.45) is 5.73 Å². The fourth-order valence-corrected chi connectivity index (χ4v) is 6.71. The van der Waals surface area contributed by atoms with Crippen molar-refractivity contribution in [2.75, 3.05) is 105 Å². The molecule has 0 unspecified atom stereocenters. The average molecular weight is 887 g/mol. The van der Waals surface area contributed by atoms with Crippen LogP contribution in [0.15, 0.2) is 54.6 Å². The molecule has 4 aromatic rings. The number of ether oxygens (including phenoxy) is 8. The van der Waals surface area contributed by atoms with Gasteiger partial charge in [0.05, 0.1) is 104 Å². The maximum atomic E-state index is 14.0. The third-order valence-electron chi connectivity index (χ3n) is 9.57. The zero-order chi connectivity index (χ0) is 43.8. The van der Waals surface area contributed by atoms with Gasteiger partial charge in [-0.15, -0.1) is 0 Å². The Balaban J connectivity index is 1.15. The third kappa shape index (κ3) is 13.9. The van der Waals surface area contributed by atoms with Gasteiger partial charge in [0.15, 0.2) is 5.69 Å². The first-order valence-electron chi connectivity index (χ1n) is 20.2. The molecule has 0 bridgehead atoms. The van der Waals surface area contributed by atoms with Crippen molar-refractivity contribution in [3.8, 4) is 39.6 Å². The Bertz CT molecular complexity index is 2040. The number of nitrogens with one attached hydrogen (secondary N) is 1. The van der Waals surface area contributed by atoms with Gasteiger partial charge in [-0.2, -0.15) is 5.10 Å². The number of rotatable bonds is 25. The normalized spacial score (nSPS) is 12.1. The average Bonchev–Trinajstić information content (AvgIpc) is 3.63. The van der Waals surface area contributed by atoms with Gasteiger partial charge in [-0.05, 0) is 62.7 Å². The Morgan fingerprint density at radius 2 is 1.38 bits per heavy atom. The zero-order valence-electron chi connectivity index (χ0n) is 35.6. The maximum Gasteiger partial charge on any atom is 0.274 e. The van der Waals surface area contributed by atoms with E-state index < -0.39 is 5.54 Å². The van der Waals surface area contributed by atoms with Crippen LogP contribution in [0.1, 0.15) is 43.2 Å². The van der Waals surface area contributed by atoms with Gasteiger partial charge in [0.1, 0.15) is 18.1 Å². The molecule has 17 heteroatoms. The molecule has 0 aliphatic carbocycles. The zero-order valence-corrected chi connectivity index (χ0v) is 37.1. The Kier molecular flexibility index (Phi) is 18.6. The van der Waals surface area contributed by atoms with Crippen LogP contribution in [0.25, 0.3) is 28.1 Å². The molecular formula is C44H57Cl2N5O10. The van der Waals surface area contributed by atoms with E-state index >= 15 is 0 Å². The van der Waals surface area contributed by atoms with E-state index in [4.69, 9.17) is 71.9 Å². The highest BCUT2D eigenvalue weighted by molar-refractivity contribution is 6.34. The predicted molar refractivity (Wildman–Crippen MR) is 234 cm³/mol. The molecule has 0 saturated heterocycles. The Labute approximate surface area is 367 Å². The number of carbonyl (C=O) groups is 2. The quantitative estimate of drug-likeness (QED) is 0.0680. The van der Waals surface area contributed by atoms with Crippen LogP contribution in [0.4, 0.5) is 5.69 Å². The lowest BCUT2D eigenvalue weighted by atomic mass is 9.95. The summed E-state index contributed by atoms with van der Waals surface area (Å²) in [6.45, 7) is 11.8. The summed E-state index contributed by atoms with van der Waals surface area (Å²) in [7, 11) is 3.34. The summed E-state index contributed by atoms with van der Waals surface area (Å²) in [6.07, 6.45) is 0.158. The van der Waals surface area contributed by atoms with Gasteiger partial charge in [0.25, 0.3) is 5.91 Å². The van der Waals surface area contributed by atoms with Crippen LogP contribution >= 0.6 is 23.2 Å². The van der Waals surface area contributed by atoms with Crippen LogP contribution in [-0.4, -0.2) is 132 Å². The number of amides is 2. The first kappa shape index (κ1) is 47.8. The summed E-state index contributed by atoms with van der Waals surface area (Å²) in [4.78, 5) is 28.5. The van der Waals surface area contributed by atoms with Gasteiger partial charge < -0.3 is 53.8 Å². The second-order valence-corrected chi connectivity index (χ2v) is 15.8. The van der Waals surface area contributed by atoms with Crippen molar-refractivity contribution in [3.63, 3.8) is 0 Å². The number of methoxy groups -OCH3 is 1. The number of hydrogen-bond donors (Lipinski definition) is 2. The number of anilines is 1. The number of fused-ring (bicyclic) bond motifs is 3. The fourth-order valence-electron chi connectivity index (χ4n) is 6.20. The van der Waals surface area contributed by atoms with Gasteiger partial charge in [-0.25, -0.2) is 4.68 Å². The van der Waals surface area contributed by atoms with Gasteiger partial charge in [0, 0.05) is 57.6 Å². The van der Waals surface area contributed by atoms with Crippen molar-refractivity contribution >= 4 is 40.7 Å². The highest BCUT2D eigenvalue weighted by Crippen LogP contribution is 2.46. The second kappa shape index (κ2) is 23.8. The Hall–Kier alpha value is -4.29. The van der Waals surface area contributed by atoms with Crippen molar-refractivity contribution in [1.82, 2.24) is 14.7 Å². The Morgan fingerprint density at radius 1 is 0.803 bits per heavy atom. The van der Waals surface area contributed by atoms with Crippen LogP contribution in [0, 0.1) is 0 Å². The van der Waals surface area contributed by atoms with Crippen LogP contribution in [-0.2, 0) is 39.8 Å². The topological polar surface area (TPSA) is 167 Å². The number of hydrogen-bond acceptors (Lipinski definition) is 12. The summed E-state index contributed by atoms with van der Waals surface area (Å²) in [5.74, 6) is 0.654. The Morgan fingerprint density at radius 3 is 1.93 bits per heavy atom. The number of benzene rings is 3. The van der Waals surface area contributed by atoms with Crippen LogP contribution in [0.3, 0.4) is 0 Å². The largest absolute Gasteiger partial charge is 0.496 e. The molecular weight excluding hydrogens is 829 g/mol. The molecule has 0 spiro atoms. The molecule has 2 heterocycles. The SMILES string of the molecule is COc1cc2c(cc1-c1cccc(NC(=O)CCOCCOCCOCCOCCOCCOCCN)c1)-c1c(c(C(=O)N(C)C(C)(C)C)nn1-c1cc(Cl)cc(Cl)c1)CO2. The highest BCUT2D eigenvalue weighted by atomic mass is 35.5. The molecule has 3 N–H and O–H groups in total. The second-order valence-electron chi connectivity index (χ2n) is 14.9. The summed E-state index contributed by atoms with van der Waals surface area (Å²) in [6, 6.07) is 16.3. The number of nitrogens with zero attached hydrogens (tertiary/aromatic N) is 3. The van der Waals surface area contributed by atoms with E-state index in [9.17, 15) is 9.59 Å². The lowest BCUT2D eigenvalue weighted by Crippen LogP contribution is -2.43. The van der Waals surface area contributed by atoms with E-state index in [0.717, 1.165) is 11.1 Å². The minimum atomic E-state index is -0.462. The molecule has 15 nitrogen and oxygen atoms in total. The maximum absolute atomic E-state index is 14.0. The number of nitrogens with two attached hydrogens (primary N) is 1. The van der Waals surface area contributed by atoms with E-state index in [0.29, 0.717) is 129 Å². The molecule has 61 heavy (non-hydrogen) atoms. The molecule has 1 aliphatic heterocycles. The molecule has 0 radical (unpaired) electrons. The first-order valence-corrected chi connectivity index (χ1v) is 21.0. The minimum Gasteiger partial charge on any atom is -0.496 e. The molecule has 1 aromatic heterocycles. The predicted octanol–water partition coefficient (Wildman–Crippen LogP) is 6.67. The van der Waals surface area contributed by atoms with Crippen LogP contribution in [0.5, 0.6) is 11.5 Å². The third-order valence-corrected chi connectivity index (χ3v) is 10.0. The van der Waals surface area contributed by atoms with E-state index in [2.05, 4.69) is 5.32 Å². The van der Waals surface area contributed by atoms with Gasteiger partial charge in [-0.1, -0.05) is 35.3 Å². The number of halogens is 2. The van der Waals surface area contributed by atoms with E-state index in [-0.39, 0.29) is 37.1 Å². The van der Waals surface area contributed by atoms with E-state index in [1.54, 1.807) is 41.9 Å². The lowest BCUT2D eigenvalue weighted by Gasteiger charge is -2.31. The molecule has 0 saturated carbocycles. The van der Waals surface area contributed by atoms with Crippen molar-refractivity contribution < 1.29 is 47.5 Å². The summed E-state index contributed by atoms with van der Waals surface area (Å²) in [5, 5.41) is 8.67. The molecule has 0 atom stereocenters. The molecule has 1 aliphatic rings. The summed E-state index contributed by atoms with van der Waals surface area (Å²) in [5.41, 5.74) is 9.83. The number of carbonyl (C=O) groups excluding carboxylic acids is 2. The minimum absolute atomic E-state index is 0.105. The van der Waals surface area contributed by atoms with Gasteiger partial charge in [-0.3, -0.25) is 9.59 Å². The number of aromatic nitrogens is 2. The monoisotopic (exact) mass is 885 g/mol. The van der Waals surface area contributed by atoms with Crippen molar-refractivity contribution in [1.29, 1.82) is 0 Å². The molecule has 2 amide bonds. The first-order chi connectivity index (χ1) is 29.4.